The summed E-state index contributed by atoms with van der Waals surface area (Å²) in [5.74, 6) is 4.46. The molecule has 1 nitrogen and oxygen atoms in total. The minimum atomic E-state index is 0.711. The van der Waals surface area contributed by atoms with Crippen LogP contribution in [-0.2, 0) is 0 Å². The second-order valence-electron chi connectivity index (χ2n) is 7.27. The molecule has 2 bridgehead atoms. The molecule has 0 heterocycles. The van der Waals surface area contributed by atoms with Gasteiger partial charge in [0, 0.05) is 12.1 Å². The molecule has 1 N–H and O–H groups in total. The van der Waals surface area contributed by atoms with Crippen molar-refractivity contribution in [1.82, 2.24) is 5.32 Å². The van der Waals surface area contributed by atoms with Gasteiger partial charge in [0.15, 0.2) is 0 Å². The normalized spacial score (nSPS) is 48.6. The molecule has 0 aromatic carbocycles. The van der Waals surface area contributed by atoms with E-state index in [9.17, 15) is 0 Å². The van der Waals surface area contributed by atoms with Gasteiger partial charge >= 0.3 is 0 Å². The molecular formula is C17H29N. The zero-order valence-electron chi connectivity index (χ0n) is 12.2. The lowest BCUT2D eigenvalue weighted by Crippen LogP contribution is -2.47. The van der Waals surface area contributed by atoms with Gasteiger partial charge in [-0.1, -0.05) is 38.8 Å². The summed E-state index contributed by atoms with van der Waals surface area (Å²) in [5.41, 5.74) is 0. The van der Waals surface area contributed by atoms with E-state index in [2.05, 4.69) is 38.2 Å². The van der Waals surface area contributed by atoms with E-state index >= 15 is 0 Å². The number of allylic oxidation sites excluding steroid dienone is 2. The van der Waals surface area contributed by atoms with Crippen molar-refractivity contribution in [2.24, 2.45) is 29.6 Å². The molecule has 3 aliphatic carbocycles. The summed E-state index contributed by atoms with van der Waals surface area (Å²) in [6.07, 6.45) is 12.1. The SMILES string of the molecule is CC1CCCC(NC(C)C2CC3C=CC2C3)C1C. The zero-order chi connectivity index (χ0) is 12.7. The molecular weight excluding hydrogens is 218 g/mol. The highest BCUT2D eigenvalue weighted by Crippen LogP contribution is 2.45. The lowest BCUT2D eigenvalue weighted by molar-refractivity contribution is 0.175. The maximum Gasteiger partial charge on any atom is 0.00978 e. The first-order chi connectivity index (χ1) is 8.65. The standard InChI is InChI=1S/C17H29N/c1-11-5-4-6-17(12(11)2)18-13(3)16-10-14-7-8-15(16)9-14/h7-8,11-18H,4-6,9-10H2,1-3H3. The van der Waals surface area contributed by atoms with Gasteiger partial charge in [-0.3, -0.25) is 0 Å². The van der Waals surface area contributed by atoms with Gasteiger partial charge in [0.2, 0.25) is 0 Å². The largest absolute Gasteiger partial charge is 0.311 e. The van der Waals surface area contributed by atoms with E-state index in [4.69, 9.17) is 0 Å². The second-order valence-corrected chi connectivity index (χ2v) is 7.27. The summed E-state index contributed by atoms with van der Waals surface area (Å²) in [4.78, 5) is 0. The fourth-order valence-electron chi connectivity index (χ4n) is 4.68. The monoisotopic (exact) mass is 247 g/mol. The second kappa shape index (κ2) is 5.00. The molecule has 0 aliphatic heterocycles. The van der Waals surface area contributed by atoms with Crippen LogP contribution >= 0.6 is 0 Å². The van der Waals surface area contributed by atoms with Crippen LogP contribution in [0.15, 0.2) is 12.2 Å². The molecule has 1 heteroatoms. The van der Waals surface area contributed by atoms with Gasteiger partial charge in [-0.15, -0.1) is 0 Å². The third-order valence-electron chi connectivity index (χ3n) is 6.16. The Morgan fingerprint density at radius 2 is 1.94 bits per heavy atom. The van der Waals surface area contributed by atoms with Crippen molar-refractivity contribution >= 4 is 0 Å². The van der Waals surface area contributed by atoms with Crippen LogP contribution in [0.4, 0.5) is 0 Å². The van der Waals surface area contributed by atoms with Crippen LogP contribution in [0.25, 0.3) is 0 Å². The number of nitrogens with one attached hydrogen (secondary N) is 1. The maximum atomic E-state index is 3.99. The predicted molar refractivity (Wildman–Crippen MR) is 77.4 cm³/mol. The first-order valence-electron chi connectivity index (χ1n) is 8.09. The highest BCUT2D eigenvalue weighted by atomic mass is 15.0. The average Bonchev–Trinajstić information content (AvgIpc) is 2.97. The van der Waals surface area contributed by atoms with E-state index in [1.165, 1.54) is 32.1 Å². The van der Waals surface area contributed by atoms with Gasteiger partial charge in [0.05, 0.1) is 0 Å². The lowest BCUT2D eigenvalue weighted by Gasteiger charge is -2.38. The minimum absolute atomic E-state index is 0.711. The predicted octanol–water partition coefficient (Wildman–Crippen LogP) is 4.00. The van der Waals surface area contributed by atoms with Crippen LogP contribution in [0.2, 0.25) is 0 Å². The van der Waals surface area contributed by atoms with E-state index in [1.807, 2.05) is 0 Å². The Hall–Kier alpha value is -0.300. The quantitative estimate of drug-likeness (QED) is 0.743. The summed E-state index contributed by atoms with van der Waals surface area (Å²) in [6.45, 7) is 7.32. The molecule has 102 valence electrons. The lowest BCUT2D eigenvalue weighted by atomic mass is 9.77. The third kappa shape index (κ3) is 2.27. The first-order valence-corrected chi connectivity index (χ1v) is 8.09. The Balaban J connectivity index is 1.57. The molecule has 0 aromatic rings. The Bertz CT molecular complexity index is 322. The van der Waals surface area contributed by atoms with Crippen molar-refractivity contribution in [3.8, 4) is 0 Å². The van der Waals surface area contributed by atoms with E-state index in [-0.39, 0.29) is 0 Å². The van der Waals surface area contributed by atoms with E-state index in [1.54, 1.807) is 0 Å². The number of fused-ring (bicyclic) bond motifs is 2. The van der Waals surface area contributed by atoms with Gasteiger partial charge in [-0.2, -0.15) is 0 Å². The van der Waals surface area contributed by atoms with Crippen LogP contribution in [0.5, 0.6) is 0 Å². The Kier molecular flexibility index (Phi) is 3.53. The molecule has 2 fully saturated rings. The van der Waals surface area contributed by atoms with E-state index < -0.39 is 0 Å². The molecule has 3 aliphatic rings. The van der Waals surface area contributed by atoms with Gasteiger partial charge in [0.1, 0.15) is 0 Å². The maximum absolute atomic E-state index is 3.99. The Labute approximate surface area is 112 Å². The van der Waals surface area contributed by atoms with Gasteiger partial charge in [-0.05, 0) is 55.8 Å². The van der Waals surface area contributed by atoms with Crippen LogP contribution in [0.1, 0.15) is 52.9 Å². The summed E-state index contributed by atoms with van der Waals surface area (Å²) in [6, 6.07) is 1.48. The molecule has 0 amide bonds. The molecule has 7 atom stereocenters. The van der Waals surface area contributed by atoms with E-state index in [0.29, 0.717) is 6.04 Å². The number of rotatable bonds is 3. The van der Waals surface area contributed by atoms with Crippen LogP contribution in [0, 0.1) is 29.6 Å². The molecule has 18 heavy (non-hydrogen) atoms. The molecule has 0 saturated heterocycles. The smallest absolute Gasteiger partial charge is 0.00978 e. The molecule has 0 radical (unpaired) electrons. The molecule has 7 unspecified atom stereocenters. The molecule has 0 aromatic heterocycles. The van der Waals surface area contributed by atoms with Crippen LogP contribution in [-0.4, -0.2) is 12.1 Å². The van der Waals surface area contributed by atoms with Crippen LogP contribution in [0.3, 0.4) is 0 Å². The van der Waals surface area contributed by atoms with Crippen molar-refractivity contribution in [2.75, 3.05) is 0 Å². The van der Waals surface area contributed by atoms with Crippen molar-refractivity contribution in [2.45, 2.75) is 65.0 Å². The molecule has 3 rings (SSSR count). The third-order valence-corrected chi connectivity index (χ3v) is 6.16. The van der Waals surface area contributed by atoms with Crippen LogP contribution < -0.4 is 5.32 Å². The van der Waals surface area contributed by atoms with Crippen molar-refractivity contribution in [3.63, 3.8) is 0 Å². The number of hydrogen-bond acceptors (Lipinski definition) is 1. The Morgan fingerprint density at radius 1 is 1.11 bits per heavy atom. The zero-order valence-corrected chi connectivity index (χ0v) is 12.2. The summed E-state index contributed by atoms with van der Waals surface area (Å²) in [5, 5.41) is 3.99. The Morgan fingerprint density at radius 3 is 2.61 bits per heavy atom. The highest BCUT2D eigenvalue weighted by molar-refractivity contribution is 5.11. The van der Waals surface area contributed by atoms with Crippen molar-refractivity contribution < 1.29 is 0 Å². The van der Waals surface area contributed by atoms with E-state index in [0.717, 1.165) is 35.6 Å². The summed E-state index contributed by atoms with van der Waals surface area (Å²) < 4.78 is 0. The van der Waals surface area contributed by atoms with Gasteiger partial charge < -0.3 is 5.32 Å². The topological polar surface area (TPSA) is 12.0 Å². The van der Waals surface area contributed by atoms with Gasteiger partial charge in [0.25, 0.3) is 0 Å². The summed E-state index contributed by atoms with van der Waals surface area (Å²) >= 11 is 0. The molecule has 2 saturated carbocycles. The summed E-state index contributed by atoms with van der Waals surface area (Å²) in [7, 11) is 0. The first kappa shape index (κ1) is 12.7. The van der Waals surface area contributed by atoms with Crippen molar-refractivity contribution in [1.29, 1.82) is 0 Å². The number of hydrogen-bond donors (Lipinski definition) is 1. The van der Waals surface area contributed by atoms with Gasteiger partial charge in [-0.25, -0.2) is 0 Å². The molecule has 0 spiro atoms. The van der Waals surface area contributed by atoms with Crippen molar-refractivity contribution in [3.05, 3.63) is 12.2 Å². The fourth-order valence-corrected chi connectivity index (χ4v) is 4.68. The highest BCUT2D eigenvalue weighted by Gasteiger charge is 2.39. The fraction of sp³-hybridized carbons (Fsp3) is 0.882. The minimum Gasteiger partial charge on any atom is -0.311 e. The average molecular weight is 247 g/mol.